The van der Waals surface area contributed by atoms with Gasteiger partial charge in [0.25, 0.3) is 0 Å². The fraction of sp³-hybridized carbons (Fsp3) is 0.375. The lowest BCUT2D eigenvalue weighted by atomic mass is 9.97. The van der Waals surface area contributed by atoms with Gasteiger partial charge in [-0.25, -0.2) is 34.1 Å². The third kappa shape index (κ3) is 12.3. The Morgan fingerprint density at radius 3 is 1.39 bits per heavy atom. The van der Waals surface area contributed by atoms with Crippen molar-refractivity contribution in [2.45, 2.75) is 92.2 Å². The van der Waals surface area contributed by atoms with Crippen LogP contribution in [-0.2, 0) is 30.2 Å². The number of Topliss-reactive ketones (excluding diaryl/α,β-unsaturated/α-hetero) is 1. The van der Waals surface area contributed by atoms with E-state index in [1.807, 2.05) is 48.0 Å². The maximum Gasteiger partial charge on any atom is 0.491 e. The molecule has 0 fully saturated rings. The van der Waals surface area contributed by atoms with Crippen molar-refractivity contribution in [3.63, 3.8) is 0 Å². The molecule has 0 spiro atoms. The molecule has 0 saturated carbocycles. The zero-order valence-electron chi connectivity index (χ0n) is 34.1. The number of carbonyl (C=O) groups excluding carboxylic acids is 3. The van der Waals surface area contributed by atoms with Crippen LogP contribution in [0.5, 0.6) is 0 Å². The van der Waals surface area contributed by atoms with E-state index < -0.39 is 42.0 Å². The van der Waals surface area contributed by atoms with Crippen LogP contribution in [0.3, 0.4) is 0 Å². The molecular formula is C40H48BrF6N11O4. The van der Waals surface area contributed by atoms with Crippen LogP contribution in [0.25, 0.3) is 44.6 Å². The van der Waals surface area contributed by atoms with E-state index in [0.29, 0.717) is 36.0 Å². The molecule has 0 aliphatic carbocycles. The highest BCUT2D eigenvalue weighted by Crippen LogP contribution is 2.36. The van der Waals surface area contributed by atoms with Crippen LogP contribution < -0.4 is 34.2 Å². The minimum absolute atomic E-state index is 0. The Morgan fingerprint density at radius 2 is 1.06 bits per heavy atom. The Hall–Kier alpha value is -6.03. The SMILES string of the molecule is C.CC(=O)OC(=O)C(F)(F)F.Cc1ccc(-c2nn(C(C)(C)CCC(=O)C(F)(F)F)c3ncnc(N)c23)cc1.Cc1ccc(-c2nn(C(C)(C)C[NH3+])c3ncnc(N)c23)cc1.[Br-]. The van der Waals surface area contributed by atoms with E-state index in [0.717, 1.165) is 33.4 Å². The minimum Gasteiger partial charge on any atom is -1.00 e. The molecule has 4 aromatic heterocycles. The van der Waals surface area contributed by atoms with E-state index >= 15 is 0 Å². The number of aromatic nitrogens is 8. The molecule has 6 aromatic rings. The zero-order valence-corrected chi connectivity index (χ0v) is 35.7. The molecule has 0 radical (unpaired) electrons. The van der Waals surface area contributed by atoms with Crippen molar-refractivity contribution >= 4 is 51.4 Å². The van der Waals surface area contributed by atoms with Gasteiger partial charge in [0.2, 0.25) is 5.78 Å². The second-order valence-corrected chi connectivity index (χ2v) is 14.8. The number of nitrogens with zero attached hydrogens (tertiary/aromatic N) is 8. The summed E-state index contributed by atoms with van der Waals surface area (Å²) >= 11 is 0. The first-order valence-corrected chi connectivity index (χ1v) is 18.1. The van der Waals surface area contributed by atoms with Crippen LogP contribution in [0.15, 0.2) is 61.2 Å². The molecule has 0 bridgehead atoms. The number of anilines is 2. The summed E-state index contributed by atoms with van der Waals surface area (Å²) in [5.74, 6) is -4.84. The van der Waals surface area contributed by atoms with Crippen LogP contribution in [0.4, 0.5) is 38.0 Å². The van der Waals surface area contributed by atoms with Gasteiger partial charge in [-0.2, -0.15) is 36.5 Å². The zero-order chi connectivity index (χ0) is 45.0. The number of nitrogen functional groups attached to an aromatic ring is 2. The standard InChI is InChI=1S/C19H20F3N5O.C16H20N6.C4H3F3O3.CH4.BrH/c1-11-4-6-12(7-5-11)15-14-16(23)24-10-25-17(14)27(26-15)18(2,3)9-8-13(28)19(20,21)22;1-10-4-6-11(7-5-10)13-12-14(18)19-9-20-15(12)22(21-13)16(2,3)8-17;1-2(8)10-3(9)4(5,6)7;;/h4-7,10H,8-9H2,1-3H3,(H2,23,24,25);4-7,9H,8,17H2,1-3H3,(H2,18,19,20);1H3;1H4;1H. The van der Waals surface area contributed by atoms with Crippen molar-refractivity contribution in [1.29, 1.82) is 0 Å². The fourth-order valence-corrected chi connectivity index (χ4v) is 5.58. The predicted octanol–water partition coefficient (Wildman–Crippen LogP) is 3.67. The number of nitrogens with two attached hydrogens (primary N) is 2. The van der Waals surface area contributed by atoms with Crippen molar-refractivity contribution in [1.82, 2.24) is 39.5 Å². The van der Waals surface area contributed by atoms with Crippen LogP contribution >= 0.6 is 0 Å². The summed E-state index contributed by atoms with van der Waals surface area (Å²) in [4.78, 5) is 47.6. The summed E-state index contributed by atoms with van der Waals surface area (Å²) in [5, 5.41) is 10.7. The number of hydrogen-bond donors (Lipinski definition) is 3. The van der Waals surface area contributed by atoms with Gasteiger partial charge in [-0.3, -0.25) is 9.59 Å². The topological polar surface area (TPSA) is 227 Å². The third-order valence-electron chi connectivity index (χ3n) is 9.14. The van der Waals surface area contributed by atoms with Crippen molar-refractivity contribution in [3.8, 4) is 22.5 Å². The number of ketones is 1. The molecule has 0 atom stereocenters. The number of quaternary nitrogens is 1. The van der Waals surface area contributed by atoms with E-state index in [1.54, 1.807) is 13.8 Å². The van der Waals surface area contributed by atoms with Gasteiger partial charge in [0.15, 0.2) is 11.3 Å². The van der Waals surface area contributed by atoms with Gasteiger partial charge in [0, 0.05) is 24.5 Å². The molecule has 0 aliphatic rings. The quantitative estimate of drug-likeness (QED) is 0.113. The van der Waals surface area contributed by atoms with Gasteiger partial charge in [-0.15, -0.1) is 0 Å². The van der Waals surface area contributed by atoms with E-state index in [1.165, 1.54) is 22.9 Å². The molecule has 0 unspecified atom stereocenters. The monoisotopic (exact) mass is 939 g/mol. The number of ether oxygens (including phenoxy) is 1. The molecule has 0 aliphatic heterocycles. The molecule has 7 N–H and O–H groups in total. The lowest BCUT2D eigenvalue weighted by molar-refractivity contribution is -0.386. The van der Waals surface area contributed by atoms with Gasteiger partial charge in [-0.05, 0) is 48.0 Å². The summed E-state index contributed by atoms with van der Waals surface area (Å²) < 4.78 is 77.9. The number of aryl methyl sites for hydroxylation is 2. The highest BCUT2D eigenvalue weighted by molar-refractivity contribution is 5.99. The first kappa shape index (κ1) is 52.1. The number of benzene rings is 2. The summed E-state index contributed by atoms with van der Waals surface area (Å²) in [7, 11) is 0. The molecule has 4 heterocycles. The van der Waals surface area contributed by atoms with Gasteiger partial charge in [0.05, 0.1) is 22.9 Å². The molecule has 62 heavy (non-hydrogen) atoms. The second-order valence-electron chi connectivity index (χ2n) is 14.8. The van der Waals surface area contributed by atoms with E-state index in [4.69, 9.17) is 16.6 Å². The van der Waals surface area contributed by atoms with Gasteiger partial charge in [0.1, 0.15) is 41.2 Å². The number of hydrogen-bond acceptors (Lipinski definition) is 12. The van der Waals surface area contributed by atoms with Gasteiger partial charge < -0.3 is 38.9 Å². The molecule has 0 amide bonds. The van der Waals surface area contributed by atoms with Gasteiger partial charge >= 0.3 is 24.3 Å². The average molecular weight is 941 g/mol. The molecule has 15 nitrogen and oxygen atoms in total. The normalized spacial score (nSPS) is 11.6. The number of esters is 2. The second kappa shape index (κ2) is 20.2. The van der Waals surface area contributed by atoms with Crippen LogP contribution in [-0.4, -0.2) is 76.1 Å². The van der Waals surface area contributed by atoms with Crippen molar-refractivity contribution in [3.05, 3.63) is 72.3 Å². The first-order chi connectivity index (χ1) is 27.8. The van der Waals surface area contributed by atoms with E-state index in [9.17, 15) is 40.7 Å². The minimum atomic E-state index is -5.09. The van der Waals surface area contributed by atoms with Crippen LogP contribution in [0.1, 0.15) is 66.0 Å². The molecule has 2 aromatic carbocycles. The number of fused-ring (bicyclic) bond motifs is 2. The number of rotatable bonds is 8. The number of halogens is 7. The molecule has 22 heteroatoms. The number of alkyl halides is 6. The Labute approximate surface area is 363 Å². The maximum atomic E-state index is 12.6. The largest absolute Gasteiger partial charge is 1.00 e. The summed E-state index contributed by atoms with van der Waals surface area (Å²) in [6.45, 7) is 13.0. The first-order valence-electron chi connectivity index (χ1n) is 18.1. The summed E-state index contributed by atoms with van der Waals surface area (Å²) in [6.07, 6.45) is -7.87. The lowest BCUT2D eigenvalue weighted by Crippen LogP contribution is -3.00. The Balaban J connectivity index is 0.000000348. The van der Waals surface area contributed by atoms with E-state index in [2.05, 4.69) is 68.4 Å². The molecular weight excluding hydrogens is 892 g/mol. The maximum absolute atomic E-state index is 12.6. The molecule has 0 saturated heterocycles. The predicted molar refractivity (Wildman–Crippen MR) is 216 cm³/mol. The van der Waals surface area contributed by atoms with Crippen LogP contribution in [0, 0.1) is 13.8 Å². The van der Waals surface area contributed by atoms with Crippen molar-refractivity contribution in [2.24, 2.45) is 0 Å². The highest BCUT2D eigenvalue weighted by Gasteiger charge is 2.42. The van der Waals surface area contributed by atoms with Crippen molar-refractivity contribution in [2.75, 3.05) is 18.0 Å². The Morgan fingerprint density at radius 1 is 0.677 bits per heavy atom. The fourth-order valence-electron chi connectivity index (χ4n) is 5.58. The summed E-state index contributed by atoms with van der Waals surface area (Å²) in [5.41, 5.74) is 21.6. The number of carbonyl (C=O) groups is 3. The summed E-state index contributed by atoms with van der Waals surface area (Å²) in [6, 6.07) is 15.8. The lowest BCUT2D eigenvalue weighted by Gasteiger charge is -2.25. The molecule has 6 rings (SSSR count). The smallest absolute Gasteiger partial charge is 0.491 e. The average Bonchev–Trinajstić information content (AvgIpc) is 3.77. The van der Waals surface area contributed by atoms with Gasteiger partial charge in [-0.1, -0.05) is 67.1 Å². The van der Waals surface area contributed by atoms with Crippen molar-refractivity contribution < 1.29 is 68.2 Å². The molecule has 336 valence electrons. The van der Waals surface area contributed by atoms with Crippen LogP contribution in [0.2, 0.25) is 0 Å². The van der Waals surface area contributed by atoms with E-state index in [-0.39, 0.29) is 42.2 Å². The Bertz CT molecular complexity index is 2500. The highest BCUT2D eigenvalue weighted by atomic mass is 79.9. The third-order valence-corrected chi connectivity index (χ3v) is 9.14. The Kier molecular flexibility index (Phi) is 17.0.